The van der Waals surface area contributed by atoms with Crippen LogP contribution in [0.25, 0.3) is 0 Å². The number of hydrogen-bond donors (Lipinski definition) is 1. The standard InChI is InChI=1S/C18H29NO/c1-5-18(4,19-8-6-7-9-19)17(20)13-16-11-14(2)10-15(3)12-16/h10-12,17,20H,5-9,13H2,1-4H3. The quantitative estimate of drug-likeness (QED) is 0.889. The monoisotopic (exact) mass is 275 g/mol. The molecule has 0 saturated carbocycles. The molecule has 2 heteroatoms. The lowest BCUT2D eigenvalue weighted by Gasteiger charge is -2.42. The molecule has 1 aliphatic rings. The maximum absolute atomic E-state index is 10.8. The molecule has 1 aromatic carbocycles. The Labute approximate surface area is 123 Å². The second kappa shape index (κ2) is 6.28. The molecule has 2 nitrogen and oxygen atoms in total. The molecule has 2 atom stereocenters. The highest BCUT2D eigenvalue weighted by atomic mass is 16.3. The molecule has 0 amide bonds. The van der Waals surface area contributed by atoms with Crippen LogP contribution >= 0.6 is 0 Å². The number of aryl methyl sites for hydroxylation is 2. The smallest absolute Gasteiger partial charge is 0.0761 e. The van der Waals surface area contributed by atoms with E-state index in [9.17, 15) is 5.11 Å². The molecule has 1 N–H and O–H groups in total. The van der Waals surface area contributed by atoms with Crippen molar-refractivity contribution in [2.45, 2.75) is 65.0 Å². The Bertz CT molecular complexity index is 430. The van der Waals surface area contributed by atoms with Crippen LogP contribution in [0.15, 0.2) is 18.2 Å². The van der Waals surface area contributed by atoms with E-state index in [0.29, 0.717) is 0 Å². The summed E-state index contributed by atoms with van der Waals surface area (Å²) in [6, 6.07) is 6.60. The van der Waals surface area contributed by atoms with E-state index in [-0.39, 0.29) is 11.6 Å². The summed E-state index contributed by atoms with van der Waals surface area (Å²) >= 11 is 0. The molecule has 20 heavy (non-hydrogen) atoms. The molecule has 0 aromatic heterocycles. The number of nitrogens with zero attached hydrogens (tertiary/aromatic N) is 1. The van der Waals surface area contributed by atoms with Gasteiger partial charge >= 0.3 is 0 Å². The highest BCUT2D eigenvalue weighted by molar-refractivity contribution is 5.29. The van der Waals surface area contributed by atoms with E-state index in [2.05, 4.69) is 50.8 Å². The zero-order valence-electron chi connectivity index (χ0n) is 13.4. The number of rotatable bonds is 5. The van der Waals surface area contributed by atoms with E-state index in [1.165, 1.54) is 29.5 Å². The molecule has 0 spiro atoms. The van der Waals surface area contributed by atoms with Gasteiger partial charge in [0, 0.05) is 12.0 Å². The van der Waals surface area contributed by atoms with Crippen molar-refractivity contribution >= 4 is 0 Å². The topological polar surface area (TPSA) is 23.5 Å². The molecule has 1 aliphatic heterocycles. The van der Waals surface area contributed by atoms with Crippen LogP contribution in [0, 0.1) is 13.8 Å². The third-order valence-corrected chi connectivity index (χ3v) is 4.97. The second-order valence-electron chi connectivity index (χ2n) is 6.62. The van der Waals surface area contributed by atoms with Crippen LogP contribution < -0.4 is 0 Å². The van der Waals surface area contributed by atoms with Gasteiger partial charge in [-0.25, -0.2) is 0 Å². The molecule has 1 aromatic rings. The van der Waals surface area contributed by atoms with Gasteiger partial charge in [-0.3, -0.25) is 4.90 Å². The zero-order valence-corrected chi connectivity index (χ0v) is 13.4. The molecule has 1 fully saturated rings. The minimum atomic E-state index is -0.299. The number of likely N-dealkylation sites (tertiary alicyclic amines) is 1. The minimum absolute atomic E-state index is 0.0891. The number of aliphatic hydroxyl groups excluding tert-OH is 1. The maximum Gasteiger partial charge on any atom is 0.0761 e. The number of benzene rings is 1. The van der Waals surface area contributed by atoms with E-state index >= 15 is 0 Å². The fourth-order valence-electron chi connectivity index (χ4n) is 3.53. The van der Waals surface area contributed by atoms with Crippen molar-refractivity contribution in [3.05, 3.63) is 34.9 Å². The Kier molecular flexibility index (Phi) is 4.87. The first kappa shape index (κ1) is 15.5. The Morgan fingerprint density at radius 3 is 2.20 bits per heavy atom. The van der Waals surface area contributed by atoms with Crippen molar-refractivity contribution in [2.24, 2.45) is 0 Å². The Morgan fingerprint density at radius 1 is 1.15 bits per heavy atom. The van der Waals surface area contributed by atoms with E-state index in [1.54, 1.807) is 0 Å². The lowest BCUT2D eigenvalue weighted by atomic mass is 9.85. The first-order valence-electron chi connectivity index (χ1n) is 7.96. The molecule has 1 heterocycles. The molecule has 112 valence electrons. The van der Waals surface area contributed by atoms with Gasteiger partial charge in [0.1, 0.15) is 0 Å². The summed E-state index contributed by atoms with van der Waals surface area (Å²) in [5.74, 6) is 0. The molecule has 1 saturated heterocycles. The van der Waals surface area contributed by atoms with Crippen LogP contribution in [-0.2, 0) is 6.42 Å². The summed E-state index contributed by atoms with van der Waals surface area (Å²) in [5, 5.41) is 10.8. The largest absolute Gasteiger partial charge is 0.391 e. The van der Waals surface area contributed by atoms with Gasteiger partial charge in [-0.1, -0.05) is 36.2 Å². The highest BCUT2D eigenvalue weighted by Gasteiger charge is 2.38. The van der Waals surface area contributed by atoms with Gasteiger partial charge in [-0.15, -0.1) is 0 Å². The van der Waals surface area contributed by atoms with Gasteiger partial charge in [-0.2, -0.15) is 0 Å². The first-order chi connectivity index (χ1) is 9.45. The number of aliphatic hydroxyl groups is 1. The molecule has 0 radical (unpaired) electrons. The molecule has 0 bridgehead atoms. The van der Waals surface area contributed by atoms with Gasteiger partial charge in [0.2, 0.25) is 0 Å². The summed E-state index contributed by atoms with van der Waals surface area (Å²) in [5.41, 5.74) is 3.74. The van der Waals surface area contributed by atoms with Gasteiger partial charge in [0.15, 0.2) is 0 Å². The van der Waals surface area contributed by atoms with Crippen molar-refractivity contribution in [3.63, 3.8) is 0 Å². The molecular formula is C18H29NO. The van der Waals surface area contributed by atoms with Crippen molar-refractivity contribution in [2.75, 3.05) is 13.1 Å². The van der Waals surface area contributed by atoms with E-state index in [0.717, 1.165) is 25.9 Å². The van der Waals surface area contributed by atoms with Crippen LogP contribution in [0.1, 0.15) is 49.8 Å². The lowest BCUT2D eigenvalue weighted by Crippen LogP contribution is -2.53. The zero-order chi connectivity index (χ0) is 14.8. The molecule has 0 aliphatic carbocycles. The summed E-state index contributed by atoms with van der Waals surface area (Å²) in [7, 11) is 0. The van der Waals surface area contributed by atoms with Crippen molar-refractivity contribution < 1.29 is 5.11 Å². The Morgan fingerprint density at radius 2 is 1.70 bits per heavy atom. The average Bonchev–Trinajstić information content (AvgIpc) is 2.90. The van der Waals surface area contributed by atoms with Gasteiger partial charge in [0.05, 0.1) is 6.10 Å². The maximum atomic E-state index is 10.8. The summed E-state index contributed by atoms with van der Waals surface area (Å²) < 4.78 is 0. The SMILES string of the molecule is CCC(C)(C(O)Cc1cc(C)cc(C)c1)N1CCCC1. The van der Waals surface area contributed by atoms with Crippen LogP contribution in [0.4, 0.5) is 0 Å². The predicted molar refractivity (Wildman–Crippen MR) is 85.1 cm³/mol. The Hall–Kier alpha value is -0.860. The van der Waals surface area contributed by atoms with Gasteiger partial charge in [-0.05, 0) is 58.7 Å². The normalized spacial score (nSPS) is 20.9. The molecule has 2 unspecified atom stereocenters. The first-order valence-corrected chi connectivity index (χ1v) is 7.96. The van der Waals surface area contributed by atoms with Crippen molar-refractivity contribution in [1.29, 1.82) is 0 Å². The average molecular weight is 275 g/mol. The lowest BCUT2D eigenvalue weighted by molar-refractivity contribution is -0.0117. The van der Waals surface area contributed by atoms with E-state index in [4.69, 9.17) is 0 Å². The Balaban J connectivity index is 2.14. The van der Waals surface area contributed by atoms with E-state index < -0.39 is 0 Å². The summed E-state index contributed by atoms with van der Waals surface area (Å²) in [4.78, 5) is 2.49. The summed E-state index contributed by atoms with van der Waals surface area (Å²) in [6.45, 7) is 10.9. The van der Waals surface area contributed by atoms with Crippen LogP contribution in [0.3, 0.4) is 0 Å². The third-order valence-electron chi connectivity index (χ3n) is 4.97. The van der Waals surface area contributed by atoms with Gasteiger partial charge < -0.3 is 5.11 Å². The predicted octanol–water partition coefficient (Wildman–Crippen LogP) is 3.47. The van der Waals surface area contributed by atoms with Crippen LogP contribution in [0.5, 0.6) is 0 Å². The minimum Gasteiger partial charge on any atom is -0.391 e. The van der Waals surface area contributed by atoms with Crippen molar-refractivity contribution in [3.8, 4) is 0 Å². The highest BCUT2D eigenvalue weighted by Crippen LogP contribution is 2.29. The molecule has 2 rings (SSSR count). The number of hydrogen-bond acceptors (Lipinski definition) is 2. The second-order valence-corrected chi connectivity index (χ2v) is 6.62. The molecular weight excluding hydrogens is 246 g/mol. The van der Waals surface area contributed by atoms with Crippen molar-refractivity contribution in [1.82, 2.24) is 4.90 Å². The summed E-state index contributed by atoms with van der Waals surface area (Å²) in [6.07, 6.45) is 3.99. The van der Waals surface area contributed by atoms with E-state index in [1.807, 2.05) is 0 Å². The third kappa shape index (κ3) is 3.24. The fourth-order valence-corrected chi connectivity index (χ4v) is 3.53. The fraction of sp³-hybridized carbons (Fsp3) is 0.667. The van der Waals surface area contributed by atoms with Crippen LogP contribution in [-0.4, -0.2) is 34.7 Å². The van der Waals surface area contributed by atoms with Gasteiger partial charge in [0.25, 0.3) is 0 Å². The van der Waals surface area contributed by atoms with Crippen LogP contribution in [0.2, 0.25) is 0 Å².